The smallest absolute Gasteiger partial charge is 0.261 e. The normalized spacial score (nSPS) is 17.5. The van der Waals surface area contributed by atoms with Gasteiger partial charge in [0.05, 0.1) is 10.6 Å². The third-order valence-electron chi connectivity index (χ3n) is 6.65. The van der Waals surface area contributed by atoms with Gasteiger partial charge in [0.15, 0.2) is 0 Å². The van der Waals surface area contributed by atoms with Gasteiger partial charge in [-0.05, 0) is 70.5 Å². The number of fused-ring (bicyclic) bond motifs is 1. The molecule has 1 N–H and O–H groups in total. The highest BCUT2D eigenvalue weighted by Crippen LogP contribution is 2.35. The van der Waals surface area contributed by atoms with E-state index >= 15 is 0 Å². The second-order valence-electron chi connectivity index (χ2n) is 9.00. The monoisotopic (exact) mass is 438 g/mol. The third-order valence-corrected chi connectivity index (χ3v) is 7.86. The molecule has 3 aromatic rings. The number of likely N-dealkylation sites (tertiary alicyclic amines) is 1. The number of hydrogen-bond acceptors (Lipinski definition) is 4. The van der Waals surface area contributed by atoms with E-state index in [4.69, 9.17) is 5.10 Å². The summed E-state index contributed by atoms with van der Waals surface area (Å²) >= 11 is 1.62. The van der Waals surface area contributed by atoms with E-state index in [1.54, 1.807) is 18.4 Å². The molecule has 0 aliphatic carbocycles. The fourth-order valence-corrected chi connectivity index (χ4v) is 6.14. The molecule has 0 bridgehead atoms. The number of benzene rings is 1. The van der Waals surface area contributed by atoms with Gasteiger partial charge in [-0.2, -0.15) is 5.10 Å². The maximum absolute atomic E-state index is 12.6. The topological polar surface area (TPSA) is 50.2 Å². The van der Waals surface area contributed by atoms with Crippen molar-refractivity contribution in [2.24, 2.45) is 0 Å². The minimum Gasteiger partial charge on any atom is -0.354 e. The number of piperidine rings is 1. The molecule has 6 heteroatoms. The van der Waals surface area contributed by atoms with Gasteiger partial charge in [-0.15, -0.1) is 11.3 Å². The van der Waals surface area contributed by atoms with Crippen molar-refractivity contribution in [2.75, 3.05) is 13.6 Å². The van der Waals surface area contributed by atoms with E-state index in [-0.39, 0.29) is 5.91 Å². The van der Waals surface area contributed by atoms with Gasteiger partial charge in [-0.1, -0.05) is 24.6 Å². The zero-order valence-electron chi connectivity index (χ0n) is 19.4. The molecule has 3 heterocycles. The van der Waals surface area contributed by atoms with Crippen LogP contribution in [0.1, 0.15) is 71.3 Å². The van der Waals surface area contributed by atoms with Gasteiger partial charge >= 0.3 is 0 Å². The van der Waals surface area contributed by atoms with Gasteiger partial charge in [0.1, 0.15) is 0 Å². The fourth-order valence-electron chi connectivity index (χ4n) is 4.97. The molecule has 1 amide bonds. The van der Waals surface area contributed by atoms with Crippen LogP contribution in [0, 0.1) is 13.8 Å². The van der Waals surface area contributed by atoms with Gasteiger partial charge < -0.3 is 5.32 Å². The van der Waals surface area contributed by atoms with Crippen molar-refractivity contribution in [2.45, 2.75) is 72.0 Å². The lowest BCUT2D eigenvalue weighted by Gasteiger charge is -2.36. The van der Waals surface area contributed by atoms with Crippen LogP contribution >= 0.6 is 11.3 Å². The Hall–Kier alpha value is -2.18. The number of carbonyl (C=O) groups is 1. The first-order chi connectivity index (χ1) is 14.9. The van der Waals surface area contributed by atoms with Crippen LogP contribution in [-0.2, 0) is 13.0 Å². The zero-order chi connectivity index (χ0) is 22.1. The molecule has 1 fully saturated rings. The van der Waals surface area contributed by atoms with Gasteiger partial charge in [-0.25, -0.2) is 0 Å². The highest BCUT2D eigenvalue weighted by Gasteiger charge is 2.28. The molecule has 1 aliphatic heterocycles. The van der Waals surface area contributed by atoms with Crippen LogP contribution < -0.4 is 5.32 Å². The van der Waals surface area contributed by atoms with E-state index in [0.717, 1.165) is 30.1 Å². The summed E-state index contributed by atoms with van der Waals surface area (Å²) in [6.07, 6.45) is 4.58. The molecule has 0 radical (unpaired) electrons. The maximum Gasteiger partial charge on any atom is 0.261 e. The molecule has 4 rings (SSSR count). The Kier molecular flexibility index (Phi) is 6.49. The number of nitrogens with one attached hydrogen (secondary N) is 1. The van der Waals surface area contributed by atoms with Crippen LogP contribution in [0.25, 0.3) is 10.1 Å². The first-order valence-electron chi connectivity index (χ1n) is 11.4. The minimum atomic E-state index is 0.0310. The Labute approximate surface area is 189 Å². The van der Waals surface area contributed by atoms with E-state index < -0.39 is 0 Å². The molecular formula is C25H34N4OS. The molecular weight excluding hydrogens is 404 g/mol. The number of rotatable bonds is 6. The molecule has 1 atom stereocenters. The lowest BCUT2D eigenvalue weighted by Crippen LogP contribution is -2.40. The second-order valence-corrected chi connectivity index (χ2v) is 10.0. The average Bonchev–Trinajstić information content (AvgIpc) is 3.27. The highest BCUT2D eigenvalue weighted by atomic mass is 32.1. The van der Waals surface area contributed by atoms with Gasteiger partial charge in [0, 0.05) is 41.6 Å². The van der Waals surface area contributed by atoms with Crippen LogP contribution in [-0.4, -0.2) is 40.2 Å². The summed E-state index contributed by atoms with van der Waals surface area (Å²) in [5, 5.41) is 8.88. The average molecular weight is 439 g/mol. The predicted molar refractivity (Wildman–Crippen MR) is 129 cm³/mol. The Morgan fingerprint density at radius 1 is 1.23 bits per heavy atom. The zero-order valence-corrected chi connectivity index (χ0v) is 20.2. The first kappa shape index (κ1) is 22.0. The number of hydrogen-bond donors (Lipinski definition) is 1. The first-order valence-corrected chi connectivity index (χ1v) is 12.2. The van der Waals surface area contributed by atoms with E-state index in [0.29, 0.717) is 12.1 Å². The molecule has 1 saturated heterocycles. The Balaban J connectivity index is 1.65. The summed E-state index contributed by atoms with van der Waals surface area (Å²) in [6.45, 7) is 10.8. The van der Waals surface area contributed by atoms with Crippen molar-refractivity contribution >= 4 is 27.3 Å². The number of carbonyl (C=O) groups excluding carboxylic acids is 1. The van der Waals surface area contributed by atoms with Gasteiger partial charge in [-0.3, -0.25) is 14.4 Å². The van der Waals surface area contributed by atoms with E-state index in [9.17, 15) is 4.79 Å². The van der Waals surface area contributed by atoms with Crippen molar-refractivity contribution in [3.8, 4) is 0 Å². The molecule has 31 heavy (non-hydrogen) atoms. The quantitative estimate of drug-likeness (QED) is 0.572. The van der Waals surface area contributed by atoms with Crippen molar-refractivity contribution < 1.29 is 4.79 Å². The van der Waals surface area contributed by atoms with Crippen molar-refractivity contribution in [1.82, 2.24) is 20.0 Å². The standard InChI is InChI=1S/C25H34N4OS/c1-16(2)29-18(4)22(17(3)27-29)15-28-13-9-8-10-19(28)14-21-20-11-6-7-12-23(20)31-24(21)25(30)26-5/h6-7,11-12,16,19H,8-10,13-15H2,1-5H3,(H,26,30). The number of nitrogens with zero attached hydrogens (tertiary/aromatic N) is 3. The molecule has 2 aromatic heterocycles. The SMILES string of the molecule is CNC(=O)c1sc2ccccc2c1CC1CCCCN1Cc1c(C)nn(C(C)C)c1C. The summed E-state index contributed by atoms with van der Waals surface area (Å²) in [6, 6.07) is 9.25. The molecule has 166 valence electrons. The third kappa shape index (κ3) is 4.28. The van der Waals surface area contributed by atoms with Gasteiger partial charge in [0.25, 0.3) is 5.91 Å². The lowest BCUT2D eigenvalue weighted by molar-refractivity contribution is 0.0964. The molecule has 1 aromatic carbocycles. The van der Waals surface area contributed by atoms with Crippen LogP contribution in [0.15, 0.2) is 24.3 Å². The van der Waals surface area contributed by atoms with E-state index in [1.165, 1.54) is 46.2 Å². The van der Waals surface area contributed by atoms with Crippen molar-refractivity contribution in [3.63, 3.8) is 0 Å². The second kappa shape index (κ2) is 9.13. The van der Waals surface area contributed by atoms with Crippen molar-refractivity contribution in [3.05, 3.63) is 51.7 Å². The lowest BCUT2D eigenvalue weighted by atomic mass is 9.93. The minimum absolute atomic E-state index is 0.0310. The predicted octanol–water partition coefficient (Wildman–Crippen LogP) is 5.25. The summed E-state index contributed by atoms with van der Waals surface area (Å²) in [7, 11) is 1.72. The highest BCUT2D eigenvalue weighted by molar-refractivity contribution is 7.21. The summed E-state index contributed by atoms with van der Waals surface area (Å²) in [4.78, 5) is 16.1. The van der Waals surface area contributed by atoms with E-state index in [2.05, 4.69) is 66.9 Å². The number of aromatic nitrogens is 2. The number of thiophene rings is 1. The molecule has 5 nitrogen and oxygen atoms in total. The molecule has 1 aliphatic rings. The molecule has 0 spiro atoms. The van der Waals surface area contributed by atoms with Crippen LogP contribution in [0.4, 0.5) is 0 Å². The Morgan fingerprint density at radius 2 is 2.00 bits per heavy atom. The van der Waals surface area contributed by atoms with Crippen molar-refractivity contribution in [1.29, 1.82) is 0 Å². The largest absolute Gasteiger partial charge is 0.354 e. The van der Waals surface area contributed by atoms with E-state index in [1.807, 2.05) is 0 Å². The fraction of sp³-hybridized carbons (Fsp3) is 0.520. The molecule has 0 saturated carbocycles. The Bertz CT molecular complexity index is 1080. The van der Waals surface area contributed by atoms with Crippen LogP contribution in [0.3, 0.4) is 0 Å². The number of amides is 1. The summed E-state index contributed by atoms with van der Waals surface area (Å²) in [5.74, 6) is 0.0310. The summed E-state index contributed by atoms with van der Waals surface area (Å²) in [5.41, 5.74) is 5.00. The van der Waals surface area contributed by atoms with Crippen LogP contribution in [0.2, 0.25) is 0 Å². The molecule has 1 unspecified atom stereocenters. The van der Waals surface area contributed by atoms with Crippen LogP contribution in [0.5, 0.6) is 0 Å². The Morgan fingerprint density at radius 3 is 2.71 bits per heavy atom. The van der Waals surface area contributed by atoms with Gasteiger partial charge in [0.2, 0.25) is 0 Å². The number of aryl methyl sites for hydroxylation is 1. The maximum atomic E-state index is 12.6. The summed E-state index contributed by atoms with van der Waals surface area (Å²) < 4.78 is 3.35.